The molecular weight excluding hydrogens is 420 g/mol. The summed E-state index contributed by atoms with van der Waals surface area (Å²) in [5, 5.41) is 0. The lowest BCUT2D eigenvalue weighted by Crippen LogP contribution is -2.48. The Balaban J connectivity index is 1.57. The Morgan fingerprint density at radius 2 is 1.65 bits per heavy atom. The molecule has 8 nitrogen and oxygen atoms in total. The predicted molar refractivity (Wildman–Crippen MR) is 115 cm³/mol. The van der Waals surface area contributed by atoms with E-state index in [9.17, 15) is 18.0 Å². The van der Waals surface area contributed by atoms with Crippen LogP contribution in [0.4, 0.5) is 0 Å². The lowest BCUT2D eigenvalue weighted by atomic mass is 9.94. The zero-order valence-electron chi connectivity index (χ0n) is 18.5. The number of sulfonamides is 1. The van der Waals surface area contributed by atoms with E-state index >= 15 is 0 Å². The predicted octanol–water partition coefficient (Wildman–Crippen LogP) is 2.43. The molecule has 0 radical (unpaired) electrons. The fourth-order valence-corrected chi connectivity index (χ4v) is 5.81. The van der Waals surface area contributed by atoms with E-state index in [0.29, 0.717) is 0 Å². The lowest BCUT2D eigenvalue weighted by molar-refractivity contribution is -0.135. The van der Waals surface area contributed by atoms with Gasteiger partial charge in [0.15, 0.2) is 6.61 Å². The van der Waals surface area contributed by atoms with Crippen molar-refractivity contribution in [3.63, 3.8) is 0 Å². The van der Waals surface area contributed by atoms with E-state index in [1.165, 1.54) is 35.0 Å². The molecule has 9 heteroatoms. The van der Waals surface area contributed by atoms with Gasteiger partial charge in [0.05, 0.1) is 22.7 Å². The van der Waals surface area contributed by atoms with Crippen molar-refractivity contribution in [1.82, 2.24) is 9.21 Å². The molecule has 1 saturated heterocycles. The number of esters is 1. The van der Waals surface area contributed by atoms with Crippen molar-refractivity contribution in [2.45, 2.75) is 69.1 Å². The molecule has 1 aromatic rings. The minimum Gasteiger partial charge on any atom is -0.452 e. The zero-order valence-corrected chi connectivity index (χ0v) is 19.3. The van der Waals surface area contributed by atoms with Crippen LogP contribution in [0.1, 0.15) is 56.3 Å². The van der Waals surface area contributed by atoms with Gasteiger partial charge in [-0.3, -0.25) is 4.79 Å². The number of rotatable bonds is 6. The third kappa shape index (κ3) is 5.84. The summed E-state index contributed by atoms with van der Waals surface area (Å²) >= 11 is 0. The van der Waals surface area contributed by atoms with Gasteiger partial charge < -0.3 is 14.4 Å². The number of hydrogen-bond donors (Lipinski definition) is 0. The molecule has 2 aliphatic rings. The molecule has 2 atom stereocenters. The summed E-state index contributed by atoms with van der Waals surface area (Å²) in [7, 11) is -1.93. The third-order valence-electron chi connectivity index (χ3n) is 5.96. The maximum Gasteiger partial charge on any atom is 0.338 e. The topological polar surface area (TPSA) is 93.2 Å². The monoisotopic (exact) mass is 452 g/mol. The highest BCUT2D eigenvalue weighted by atomic mass is 32.2. The summed E-state index contributed by atoms with van der Waals surface area (Å²) in [6.07, 6.45) is 5.01. The molecule has 1 aromatic carbocycles. The van der Waals surface area contributed by atoms with Crippen LogP contribution >= 0.6 is 0 Å². The van der Waals surface area contributed by atoms with E-state index in [1.54, 1.807) is 11.9 Å². The van der Waals surface area contributed by atoms with E-state index in [2.05, 4.69) is 0 Å². The van der Waals surface area contributed by atoms with Crippen LogP contribution in [0.25, 0.3) is 0 Å². The molecule has 2 unspecified atom stereocenters. The molecule has 0 N–H and O–H groups in total. The van der Waals surface area contributed by atoms with Crippen LogP contribution in [-0.4, -0.2) is 74.5 Å². The van der Waals surface area contributed by atoms with E-state index in [-0.39, 0.29) is 54.3 Å². The normalized spacial score (nSPS) is 23.3. The van der Waals surface area contributed by atoms with Crippen LogP contribution in [0.15, 0.2) is 29.2 Å². The fraction of sp³-hybridized carbons (Fsp3) is 0.636. The third-order valence-corrected chi connectivity index (χ3v) is 7.80. The summed E-state index contributed by atoms with van der Waals surface area (Å²) in [5.41, 5.74) is 0.204. The van der Waals surface area contributed by atoms with E-state index < -0.39 is 16.0 Å². The standard InChI is InChI=1S/C22H32N2O6S/c1-16-13-24(14-17(2)30-16)31(27,28)20-11-9-18(10-12-20)22(26)29-15-21(25)23(3)19-7-5-4-6-8-19/h9-12,16-17,19H,4-8,13-15H2,1-3H3. The fourth-order valence-electron chi connectivity index (χ4n) is 4.22. The molecule has 0 aromatic heterocycles. The van der Waals surface area contributed by atoms with Crippen LogP contribution < -0.4 is 0 Å². The molecule has 3 rings (SSSR count). The smallest absolute Gasteiger partial charge is 0.338 e. The number of morpholine rings is 1. The molecule has 1 aliphatic heterocycles. The van der Waals surface area contributed by atoms with Crippen LogP contribution in [0, 0.1) is 0 Å². The molecule has 31 heavy (non-hydrogen) atoms. The number of likely N-dealkylation sites (N-methyl/N-ethyl adjacent to an activating group) is 1. The minimum atomic E-state index is -3.68. The lowest BCUT2D eigenvalue weighted by Gasteiger charge is -2.34. The first-order valence-electron chi connectivity index (χ1n) is 10.9. The van der Waals surface area contributed by atoms with Gasteiger partial charge in [0, 0.05) is 26.2 Å². The van der Waals surface area contributed by atoms with E-state index in [0.717, 1.165) is 25.7 Å². The van der Waals surface area contributed by atoms with E-state index in [1.807, 2.05) is 13.8 Å². The van der Waals surface area contributed by atoms with Gasteiger partial charge in [-0.15, -0.1) is 0 Å². The number of benzene rings is 1. The molecule has 1 saturated carbocycles. The maximum absolute atomic E-state index is 12.9. The molecule has 1 heterocycles. The maximum atomic E-state index is 12.9. The Kier molecular flexibility index (Phi) is 7.72. The molecule has 0 bridgehead atoms. The van der Waals surface area contributed by atoms with Gasteiger partial charge in [0.1, 0.15) is 0 Å². The van der Waals surface area contributed by atoms with Gasteiger partial charge >= 0.3 is 5.97 Å². The van der Waals surface area contributed by atoms with E-state index in [4.69, 9.17) is 9.47 Å². The quantitative estimate of drug-likeness (QED) is 0.616. The average Bonchev–Trinajstić information content (AvgIpc) is 2.76. The second-order valence-electron chi connectivity index (χ2n) is 8.48. The average molecular weight is 453 g/mol. The second-order valence-corrected chi connectivity index (χ2v) is 10.4. The molecule has 172 valence electrons. The highest BCUT2D eigenvalue weighted by Crippen LogP contribution is 2.23. The van der Waals surface area contributed by atoms with Crippen LogP contribution in [0.2, 0.25) is 0 Å². The Labute approximate surface area is 184 Å². The summed E-state index contributed by atoms with van der Waals surface area (Å²) < 4.78 is 38.0. The highest BCUT2D eigenvalue weighted by molar-refractivity contribution is 7.89. The number of carbonyl (C=O) groups excluding carboxylic acids is 2. The zero-order chi connectivity index (χ0) is 22.6. The van der Waals surface area contributed by atoms with Gasteiger partial charge in [0.2, 0.25) is 10.0 Å². The van der Waals surface area contributed by atoms with Gasteiger partial charge in [-0.2, -0.15) is 4.31 Å². The Morgan fingerprint density at radius 1 is 1.06 bits per heavy atom. The SMILES string of the molecule is CC1CN(S(=O)(=O)c2ccc(C(=O)OCC(=O)N(C)C3CCCCC3)cc2)CC(C)O1. The number of nitrogens with zero attached hydrogens (tertiary/aromatic N) is 2. The van der Waals surface area contributed by atoms with Crippen molar-refractivity contribution in [3.05, 3.63) is 29.8 Å². The molecule has 2 fully saturated rings. The van der Waals surface area contributed by atoms with Gasteiger partial charge in [-0.25, -0.2) is 13.2 Å². The summed E-state index contributed by atoms with van der Waals surface area (Å²) in [6, 6.07) is 5.82. The largest absolute Gasteiger partial charge is 0.452 e. The van der Waals surface area contributed by atoms with Crippen molar-refractivity contribution in [1.29, 1.82) is 0 Å². The van der Waals surface area contributed by atoms with Crippen molar-refractivity contribution in [2.75, 3.05) is 26.7 Å². The van der Waals surface area contributed by atoms with Gasteiger partial charge in [0.25, 0.3) is 5.91 Å². The highest BCUT2D eigenvalue weighted by Gasteiger charge is 2.32. The first-order chi connectivity index (χ1) is 14.7. The van der Waals surface area contributed by atoms with Gasteiger partial charge in [-0.05, 0) is 51.0 Å². The first kappa shape index (κ1) is 23.7. The molecule has 1 aliphatic carbocycles. The Morgan fingerprint density at radius 3 is 2.23 bits per heavy atom. The summed E-state index contributed by atoms with van der Waals surface area (Å²) in [5.74, 6) is -0.877. The Bertz CT molecular complexity index is 870. The minimum absolute atomic E-state index is 0.110. The van der Waals surface area contributed by atoms with Crippen molar-refractivity contribution >= 4 is 21.9 Å². The number of ether oxygens (including phenoxy) is 2. The van der Waals surface area contributed by atoms with Crippen molar-refractivity contribution < 1.29 is 27.5 Å². The van der Waals surface area contributed by atoms with Crippen LogP contribution in [0.5, 0.6) is 0 Å². The molecule has 1 amide bonds. The van der Waals surface area contributed by atoms with Crippen LogP contribution in [-0.2, 0) is 24.3 Å². The van der Waals surface area contributed by atoms with Crippen molar-refractivity contribution in [3.8, 4) is 0 Å². The number of carbonyl (C=O) groups is 2. The van der Waals surface area contributed by atoms with Crippen LogP contribution in [0.3, 0.4) is 0 Å². The summed E-state index contributed by atoms with van der Waals surface area (Å²) in [4.78, 5) is 26.5. The molecule has 0 spiro atoms. The first-order valence-corrected chi connectivity index (χ1v) is 12.3. The van der Waals surface area contributed by atoms with Gasteiger partial charge in [-0.1, -0.05) is 19.3 Å². The number of hydrogen-bond acceptors (Lipinski definition) is 6. The van der Waals surface area contributed by atoms with Crippen molar-refractivity contribution in [2.24, 2.45) is 0 Å². The number of amides is 1. The second kappa shape index (κ2) is 10.1. The Hall–Kier alpha value is -1.97. The summed E-state index contributed by atoms with van der Waals surface area (Å²) in [6.45, 7) is 3.92. The molecular formula is C22H32N2O6S.